The fourth-order valence-corrected chi connectivity index (χ4v) is 4.77. The van der Waals surface area contributed by atoms with Crippen molar-refractivity contribution in [2.45, 2.75) is 26.3 Å². The summed E-state index contributed by atoms with van der Waals surface area (Å²) < 4.78 is 12.8. The number of ketones is 1. The third-order valence-electron chi connectivity index (χ3n) is 6.52. The van der Waals surface area contributed by atoms with Gasteiger partial charge in [0.1, 0.15) is 22.8 Å². The van der Waals surface area contributed by atoms with Gasteiger partial charge in [0, 0.05) is 18.3 Å². The fourth-order valence-electron chi connectivity index (χ4n) is 4.77. The van der Waals surface area contributed by atoms with Gasteiger partial charge in [-0.15, -0.1) is 0 Å². The minimum absolute atomic E-state index is 0.00260. The normalized spacial score (nSPS) is 17.4. The molecule has 9 nitrogen and oxygen atoms in total. The summed E-state index contributed by atoms with van der Waals surface area (Å²) in [6.07, 6.45) is 2.43. The summed E-state index contributed by atoms with van der Waals surface area (Å²) in [5.41, 5.74) is 3.10. The highest BCUT2D eigenvalue weighted by Crippen LogP contribution is 2.44. The van der Waals surface area contributed by atoms with Crippen LogP contribution < -0.4 is 9.47 Å². The molecule has 0 spiro atoms. The van der Waals surface area contributed by atoms with Crippen LogP contribution in [0.2, 0.25) is 0 Å². The van der Waals surface area contributed by atoms with Crippen molar-refractivity contribution in [3.8, 4) is 11.5 Å². The number of aryl methyl sites for hydroxylation is 2. The Kier molecular flexibility index (Phi) is 7.03. The molecule has 4 rings (SSSR count). The van der Waals surface area contributed by atoms with Crippen LogP contribution in [0.25, 0.3) is 11.4 Å². The summed E-state index contributed by atoms with van der Waals surface area (Å²) in [6.45, 7) is 4.76. The highest BCUT2D eigenvalue weighted by molar-refractivity contribution is 6.46. The van der Waals surface area contributed by atoms with Crippen molar-refractivity contribution >= 4 is 23.1 Å². The molecule has 0 aliphatic carbocycles. The summed E-state index contributed by atoms with van der Waals surface area (Å²) in [5.74, 6) is -0.640. The molecule has 1 saturated heterocycles. The van der Waals surface area contributed by atoms with Crippen molar-refractivity contribution in [1.82, 2.24) is 19.2 Å². The van der Waals surface area contributed by atoms with Crippen LogP contribution in [-0.2, 0) is 9.59 Å². The van der Waals surface area contributed by atoms with E-state index in [2.05, 4.69) is 4.98 Å². The second-order valence-electron chi connectivity index (χ2n) is 9.19. The molecule has 0 bridgehead atoms. The average molecular weight is 493 g/mol. The van der Waals surface area contributed by atoms with Crippen molar-refractivity contribution in [1.29, 1.82) is 0 Å². The van der Waals surface area contributed by atoms with Gasteiger partial charge >= 0.3 is 0 Å². The topological polar surface area (TPSA) is 96.6 Å². The number of imidazole rings is 1. The van der Waals surface area contributed by atoms with Crippen LogP contribution in [0.4, 0.5) is 0 Å². The number of fused-ring (bicyclic) bond motifs is 1. The third kappa shape index (κ3) is 4.30. The molecule has 1 atom stereocenters. The first kappa shape index (κ1) is 25.2. The maximum Gasteiger partial charge on any atom is 0.295 e. The van der Waals surface area contributed by atoms with E-state index in [9.17, 15) is 14.7 Å². The zero-order valence-electron chi connectivity index (χ0n) is 21.5. The number of aromatic nitrogens is 2. The van der Waals surface area contributed by atoms with Gasteiger partial charge in [-0.2, -0.15) is 0 Å². The standard InChI is InChI=1S/C27H32N4O5/c1-16-9-7-13-30-22(17(2)28-26(16)30)24(32)21-23(19-15-18(35-5)10-11-20(19)36-6)31(27(34)25(21)33)14-8-12-29(3)4/h7,9-11,13,15,23,32H,8,12,14H2,1-6H3/t23-/m0/s1. The fraction of sp³-hybridized carbons (Fsp3) is 0.370. The number of aliphatic hydroxyl groups is 1. The number of nitrogens with zero attached hydrogens (tertiary/aromatic N) is 4. The summed E-state index contributed by atoms with van der Waals surface area (Å²) in [7, 11) is 6.98. The molecule has 9 heteroatoms. The largest absolute Gasteiger partial charge is 0.505 e. The first-order chi connectivity index (χ1) is 17.2. The molecule has 1 fully saturated rings. The van der Waals surface area contributed by atoms with E-state index < -0.39 is 17.7 Å². The molecule has 1 aliphatic heterocycles. The number of hydrogen-bond donors (Lipinski definition) is 1. The number of amides is 1. The van der Waals surface area contributed by atoms with Crippen molar-refractivity contribution < 1.29 is 24.2 Å². The Balaban J connectivity index is 1.96. The first-order valence-corrected chi connectivity index (χ1v) is 11.8. The van der Waals surface area contributed by atoms with E-state index in [1.807, 2.05) is 38.1 Å². The number of ether oxygens (including phenoxy) is 2. The van der Waals surface area contributed by atoms with Gasteiger partial charge in [-0.25, -0.2) is 4.98 Å². The van der Waals surface area contributed by atoms with Crippen LogP contribution in [0.1, 0.15) is 35.0 Å². The van der Waals surface area contributed by atoms with Crippen LogP contribution >= 0.6 is 0 Å². The highest BCUT2D eigenvalue weighted by atomic mass is 16.5. The monoisotopic (exact) mass is 492 g/mol. The van der Waals surface area contributed by atoms with Crippen molar-refractivity contribution in [3.63, 3.8) is 0 Å². The molecular weight excluding hydrogens is 460 g/mol. The van der Waals surface area contributed by atoms with Crippen LogP contribution in [0.15, 0.2) is 42.1 Å². The van der Waals surface area contributed by atoms with Crippen LogP contribution in [0.3, 0.4) is 0 Å². The minimum Gasteiger partial charge on any atom is -0.505 e. The van der Waals surface area contributed by atoms with E-state index in [4.69, 9.17) is 9.47 Å². The molecule has 3 aromatic rings. The third-order valence-corrected chi connectivity index (χ3v) is 6.52. The second-order valence-corrected chi connectivity index (χ2v) is 9.19. The Morgan fingerprint density at radius 3 is 2.56 bits per heavy atom. The highest BCUT2D eigenvalue weighted by Gasteiger charge is 2.47. The summed E-state index contributed by atoms with van der Waals surface area (Å²) in [5, 5.41) is 11.7. The lowest BCUT2D eigenvalue weighted by Gasteiger charge is -2.27. The maximum atomic E-state index is 13.5. The molecule has 0 unspecified atom stereocenters. The van der Waals surface area contributed by atoms with Gasteiger partial charge in [-0.3, -0.25) is 14.0 Å². The molecule has 2 aromatic heterocycles. The number of aliphatic hydroxyl groups excluding tert-OH is 1. The molecular formula is C27H32N4O5. The maximum absolute atomic E-state index is 13.5. The number of pyridine rings is 1. The Hall–Kier alpha value is -3.85. The molecule has 3 heterocycles. The number of likely N-dealkylation sites (tertiary alicyclic amines) is 1. The number of carbonyl (C=O) groups is 2. The van der Waals surface area contributed by atoms with Crippen molar-refractivity contribution in [2.24, 2.45) is 0 Å². The zero-order valence-corrected chi connectivity index (χ0v) is 21.5. The van der Waals surface area contributed by atoms with Gasteiger partial charge in [0.25, 0.3) is 11.7 Å². The lowest BCUT2D eigenvalue weighted by Crippen LogP contribution is -2.32. The van der Waals surface area contributed by atoms with Crippen LogP contribution in [0.5, 0.6) is 11.5 Å². The molecule has 0 saturated carbocycles. The van der Waals surface area contributed by atoms with E-state index in [0.717, 1.165) is 12.1 Å². The Bertz CT molecular complexity index is 1360. The number of Topliss-reactive ketones (excluding diaryl/α,β-unsaturated/α-hetero) is 1. The molecule has 0 radical (unpaired) electrons. The smallest absolute Gasteiger partial charge is 0.295 e. The predicted octanol–water partition coefficient (Wildman–Crippen LogP) is 3.34. The zero-order chi connectivity index (χ0) is 26.1. The van der Waals surface area contributed by atoms with Gasteiger partial charge in [-0.1, -0.05) is 6.07 Å². The van der Waals surface area contributed by atoms with Crippen LogP contribution in [-0.4, -0.2) is 77.4 Å². The Labute approximate surface area is 210 Å². The lowest BCUT2D eigenvalue weighted by atomic mass is 9.95. The van der Waals surface area contributed by atoms with Gasteiger partial charge in [-0.05, 0) is 70.7 Å². The number of methoxy groups -OCH3 is 2. The van der Waals surface area contributed by atoms with Crippen molar-refractivity contribution in [3.05, 3.63) is 64.6 Å². The molecule has 1 amide bonds. The lowest BCUT2D eigenvalue weighted by molar-refractivity contribution is -0.140. The van der Waals surface area contributed by atoms with Crippen molar-refractivity contribution in [2.75, 3.05) is 41.4 Å². The second kappa shape index (κ2) is 10.0. The quantitative estimate of drug-likeness (QED) is 0.293. The molecule has 36 heavy (non-hydrogen) atoms. The summed E-state index contributed by atoms with van der Waals surface area (Å²) >= 11 is 0. The first-order valence-electron chi connectivity index (χ1n) is 11.8. The number of rotatable bonds is 8. The number of hydrogen-bond acceptors (Lipinski definition) is 7. The number of carbonyl (C=O) groups excluding carboxylic acids is 2. The Morgan fingerprint density at radius 2 is 1.89 bits per heavy atom. The van der Waals surface area contributed by atoms with Gasteiger partial charge < -0.3 is 24.4 Å². The van der Waals surface area contributed by atoms with E-state index in [1.54, 1.807) is 42.8 Å². The van der Waals surface area contributed by atoms with E-state index in [1.165, 1.54) is 12.0 Å². The predicted molar refractivity (Wildman–Crippen MR) is 136 cm³/mol. The van der Waals surface area contributed by atoms with Gasteiger partial charge in [0.15, 0.2) is 5.76 Å². The van der Waals surface area contributed by atoms with E-state index in [0.29, 0.717) is 47.1 Å². The molecule has 1 N–H and O–H groups in total. The summed E-state index contributed by atoms with van der Waals surface area (Å²) in [6, 6.07) is 8.15. The van der Waals surface area contributed by atoms with Crippen LogP contribution in [0, 0.1) is 13.8 Å². The SMILES string of the molecule is COc1ccc(OC)c([C@H]2C(=C(O)c3c(C)nc4c(C)cccn34)C(=O)C(=O)N2CCCN(C)C)c1. The number of benzene rings is 1. The molecule has 190 valence electrons. The van der Waals surface area contributed by atoms with Gasteiger partial charge in [0.05, 0.1) is 31.5 Å². The Morgan fingerprint density at radius 1 is 1.14 bits per heavy atom. The van der Waals surface area contributed by atoms with Gasteiger partial charge in [0.2, 0.25) is 0 Å². The average Bonchev–Trinajstić information content (AvgIpc) is 3.32. The van der Waals surface area contributed by atoms with E-state index in [-0.39, 0.29) is 11.3 Å². The molecule has 1 aliphatic rings. The van der Waals surface area contributed by atoms with E-state index >= 15 is 0 Å². The summed E-state index contributed by atoms with van der Waals surface area (Å²) in [4.78, 5) is 34.9. The molecule has 1 aromatic carbocycles. The minimum atomic E-state index is -0.855.